The van der Waals surface area contributed by atoms with E-state index >= 15 is 0 Å². The molecule has 6 heteroatoms. The molecule has 0 saturated carbocycles. The summed E-state index contributed by atoms with van der Waals surface area (Å²) in [6.45, 7) is 4.77. The summed E-state index contributed by atoms with van der Waals surface area (Å²) >= 11 is 0. The number of aryl methyl sites for hydroxylation is 1. The van der Waals surface area contributed by atoms with Crippen LogP contribution in [0.1, 0.15) is 46.2 Å². The third-order valence-corrected chi connectivity index (χ3v) is 6.12. The summed E-state index contributed by atoms with van der Waals surface area (Å²) in [4.78, 5) is 25.4. The predicted molar refractivity (Wildman–Crippen MR) is 124 cm³/mol. The van der Waals surface area contributed by atoms with E-state index in [1.165, 1.54) is 17.7 Å². The Bertz CT molecular complexity index is 1070. The third-order valence-electron chi connectivity index (χ3n) is 6.12. The van der Waals surface area contributed by atoms with E-state index in [0.717, 1.165) is 55.1 Å². The van der Waals surface area contributed by atoms with Crippen LogP contribution in [-0.4, -0.2) is 52.9 Å². The molecule has 1 aromatic heterocycles. The summed E-state index contributed by atoms with van der Waals surface area (Å²) in [5, 5.41) is 0. The molecule has 0 unspecified atom stereocenters. The largest absolute Gasteiger partial charge is 0.345 e. The number of halogens is 1. The Kier molecular flexibility index (Phi) is 6.61. The van der Waals surface area contributed by atoms with Crippen molar-refractivity contribution in [2.75, 3.05) is 27.2 Å². The maximum Gasteiger partial charge on any atom is 0.256 e. The Morgan fingerprint density at radius 1 is 1.03 bits per heavy atom. The summed E-state index contributed by atoms with van der Waals surface area (Å²) in [5.74, 6) is 0.900. The Morgan fingerprint density at radius 3 is 2.19 bits per heavy atom. The van der Waals surface area contributed by atoms with Crippen LogP contribution in [0.15, 0.2) is 54.7 Å². The van der Waals surface area contributed by atoms with Gasteiger partial charge in [-0.3, -0.25) is 9.69 Å². The Hall–Kier alpha value is -3.12. The highest BCUT2D eigenvalue weighted by molar-refractivity contribution is 5.94. The zero-order valence-electron chi connectivity index (χ0n) is 18.9. The average molecular weight is 433 g/mol. The molecule has 5 nitrogen and oxygen atoms in total. The molecule has 1 aliphatic rings. The summed E-state index contributed by atoms with van der Waals surface area (Å²) in [6.07, 6.45) is 3.69. The van der Waals surface area contributed by atoms with Gasteiger partial charge in [0.15, 0.2) is 0 Å². The topological polar surface area (TPSA) is 49.3 Å². The zero-order chi connectivity index (χ0) is 22.7. The molecule has 0 radical (unpaired) electrons. The van der Waals surface area contributed by atoms with Crippen molar-refractivity contribution in [1.29, 1.82) is 0 Å². The molecule has 2 aromatic carbocycles. The number of nitrogens with zero attached hydrogens (tertiary/aromatic N) is 4. The minimum Gasteiger partial charge on any atom is -0.345 e. The number of amides is 1. The molecule has 1 fully saturated rings. The number of hydrogen-bond donors (Lipinski definition) is 0. The number of hydrogen-bond acceptors (Lipinski definition) is 4. The van der Waals surface area contributed by atoms with E-state index in [1.807, 2.05) is 19.1 Å². The monoisotopic (exact) mass is 432 g/mol. The number of aromatic nitrogens is 2. The lowest BCUT2D eigenvalue weighted by Crippen LogP contribution is -2.33. The lowest BCUT2D eigenvalue weighted by atomic mass is 9.95. The molecular formula is C26H29FN4O. The van der Waals surface area contributed by atoms with E-state index < -0.39 is 0 Å². The first kappa shape index (κ1) is 22.1. The van der Waals surface area contributed by atoms with Crippen LogP contribution < -0.4 is 0 Å². The lowest BCUT2D eigenvalue weighted by molar-refractivity contribution is 0.0825. The van der Waals surface area contributed by atoms with Gasteiger partial charge in [-0.05, 0) is 61.7 Å². The smallest absolute Gasteiger partial charge is 0.256 e. The van der Waals surface area contributed by atoms with Gasteiger partial charge in [-0.1, -0.05) is 36.4 Å². The van der Waals surface area contributed by atoms with Crippen molar-refractivity contribution in [3.8, 4) is 11.1 Å². The second-order valence-corrected chi connectivity index (χ2v) is 8.68. The lowest BCUT2D eigenvalue weighted by Gasteiger charge is -2.31. The number of benzene rings is 2. The van der Waals surface area contributed by atoms with Crippen LogP contribution >= 0.6 is 0 Å². The minimum absolute atomic E-state index is 0.0608. The first-order chi connectivity index (χ1) is 15.4. The Labute approximate surface area is 188 Å². The molecule has 4 rings (SSSR count). The van der Waals surface area contributed by atoms with Crippen LogP contribution in [0.4, 0.5) is 4.39 Å². The summed E-state index contributed by atoms with van der Waals surface area (Å²) in [7, 11) is 3.48. The molecule has 0 N–H and O–H groups in total. The van der Waals surface area contributed by atoms with Crippen molar-refractivity contribution >= 4 is 5.91 Å². The van der Waals surface area contributed by atoms with Crippen molar-refractivity contribution in [3.63, 3.8) is 0 Å². The minimum atomic E-state index is -0.215. The fraction of sp³-hybridized carbons (Fsp3) is 0.346. The van der Waals surface area contributed by atoms with Gasteiger partial charge in [0, 0.05) is 32.8 Å². The average Bonchev–Trinajstić information content (AvgIpc) is 2.80. The van der Waals surface area contributed by atoms with E-state index in [-0.39, 0.29) is 11.7 Å². The number of piperidine rings is 1. The van der Waals surface area contributed by atoms with Gasteiger partial charge in [0.25, 0.3) is 5.91 Å². The van der Waals surface area contributed by atoms with E-state index in [2.05, 4.69) is 39.1 Å². The van der Waals surface area contributed by atoms with Crippen LogP contribution in [-0.2, 0) is 6.54 Å². The third kappa shape index (κ3) is 5.02. The van der Waals surface area contributed by atoms with Gasteiger partial charge in [0.05, 0.1) is 11.3 Å². The highest BCUT2D eigenvalue weighted by Gasteiger charge is 2.24. The number of carbonyl (C=O) groups excluding carboxylic acids is 1. The molecule has 0 spiro atoms. The van der Waals surface area contributed by atoms with Gasteiger partial charge in [-0.15, -0.1) is 0 Å². The molecule has 32 heavy (non-hydrogen) atoms. The van der Waals surface area contributed by atoms with Crippen LogP contribution in [0.3, 0.4) is 0 Å². The SMILES string of the molecule is Cc1nc(C2CCN(Cc3ccc(-c4ccc(F)cc4)cc3)CC2)ncc1C(=O)N(C)C. The Morgan fingerprint density at radius 2 is 1.62 bits per heavy atom. The zero-order valence-corrected chi connectivity index (χ0v) is 18.9. The van der Waals surface area contributed by atoms with Gasteiger partial charge in [-0.2, -0.15) is 0 Å². The molecule has 0 atom stereocenters. The normalized spacial score (nSPS) is 15.0. The first-order valence-corrected chi connectivity index (χ1v) is 11.0. The second-order valence-electron chi connectivity index (χ2n) is 8.68. The molecular weight excluding hydrogens is 403 g/mol. The van der Waals surface area contributed by atoms with E-state index in [4.69, 9.17) is 0 Å². The second kappa shape index (κ2) is 9.57. The van der Waals surface area contributed by atoms with Gasteiger partial charge >= 0.3 is 0 Å². The number of carbonyl (C=O) groups is 1. The highest BCUT2D eigenvalue weighted by Crippen LogP contribution is 2.27. The molecule has 3 aromatic rings. The quantitative estimate of drug-likeness (QED) is 0.588. The molecule has 0 aliphatic carbocycles. The van der Waals surface area contributed by atoms with Crippen molar-refractivity contribution in [2.24, 2.45) is 0 Å². The fourth-order valence-electron chi connectivity index (χ4n) is 4.19. The summed E-state index contributed by atoms with van der Waals surface area (Å²) in [5.41, 5.74) is 4.70. The molecule has 2 heterocycles. The van der Waals surface area contributed by atoms with Crippen LogP contribution in [0.5, 0.6) is 0 Å². The van der Waals surface area contributed by atoms with Crippen LogP contribution in [0, 0.1) is 12.7 Å². The Balaban J connectivity index is 1.33. The van der Waals surface area contributed by atoms with E-state index in [9.17, 15) is 9.18 Å². The van der Waals surface area contributed by atoms with E-state index in [1.54, 1.807) is 25.2 Å². The van der Waals surface area contributed by atoms with Crippen molar-refractivity contribution in [1.82, 2.24) is 19.8 Å². The molecule has 0 bridgehead atoms. The first-order valence-electron chi connectivity index (χ1n) is 11.0. The highest BCUT2D eigenvalue weighted by atomic mass is 19.1. The molecule has 166 valence electrons. The van der Waals surface area contributed by atoms with Gasteiger partial charge in [0.1, 0.15) is 11.6 Å². The van der Waals surface area contributed by atoms with Gasteiger partial charge in [-0.25, -0.2) is 14.4 Å². The van der Waals surface area contributed by atoms with Crippen LogP contribution in [0.25, 0.3) is 11.1 Å². The van der Waals surface area contributed by atoms with Gasteiger partial charge in [0.2, 0.25) is 0 Å². The van der Waals surface area contributed by atoms with E-state index in [0.29, 0.717) is 11.5 Å². The standard InChI is InChI=1S/C26H29FN4O/c1-18-24(26(32)30(2)3)16-28-25(29-18)22-12-14-31(15-13-22)17-19-4-6-20(7-5-19)21-8-10-23(27)11-9-21/h4-11,16,22H,12-15,17H2,1-3H3. The molecule has 1 saturated heterocycles. The number of rotatable bonds is 5. The summed E-state index contributed by atoms with van der Waals surface area (Å²) in [6, 6.07) is 15.1. The summed E-state index contributed by atoms with van der Waals surface area (Å²) < 4.78 is 13.1. The van der Waals surface area contributed by atoms with Gasteiger partial charge < -0.3 is 4.90 Å². The maximum absolute atomic E-state index is 13.1. The number of likely N-dealkylation sites (tertiary alicyclic amines) is 1. The fourth-order valence-corrected chi connectivity index (χ4v) is 4.19. The maximum atomic E-state index is 13.1. The molecule has 1 amide bonds. The van der Waals surface area contributed by atoms with Crippen molar-refractivity contribution in [2.45, 2.75) is 32.2 Å². The van der Waals surface area contributed by atoms with Crippen molar-refractivity contribution in [3.05, 3.63) is 83.2 Å². The van der Waals surface area contributed by atoms with Crippen molar-refractivity contribution < 1.29 is 9.18 Å². The molecule has 1 aliphatic heterocycles. The van der Waals surface area contributed by atoms with Crippen LogP contribution in [0.2, 0.25) is 0 Å². The predicted octanol–water partition coefficient (Wildman–Crippen LogP) is 4.67.